The van der Waals surface area contributed by atoms with Crippen molar-refractivity contribution in [2.45, 2.75) is 51.2 Å². The lowest BCUT2D eigenvalue weighted by atomic mass is 9.83. The van der Waals surface area contributed by atoms with Gasteiger partial charge in [0.05, 0.1) is 0 Å². The molecule has 76 valence electrons. The molecule has 0 saturated heterocycles. The van der Waals surface area contributed by atoms with Gasteiger partial charge in [0.1, 0.15) is 6.10 Å². The van der Waals surface area contributed by atoms with E-state index >= 15 is 0 Å². The molecule has 0 spiro atoms. The summed E-state index contributed by atoms with van der Waals surface area (Å²) >= 11 is 0. The van der Waals surface area contributed by atoms with Crippen molar-refractivity contribution in [3.05, 3.63) is 10.1 Å². The highest BCUT2D eigenvalue weighted by Crippen LogP contribution is 2.28. The Morgan fingerprint density at radius 3 is 2.38 bits per heavy atom. The molecule has 0 aromatic rings. The number of nitrogens with zero attached hydrogens (tertiary/aromatic N) is 1. The molecule has 0 aliphatic heterocycles. The molecule has 1 fully saturated rings. The summed E-state index contributed by atoms with van der Waals surface area (Å²) in [4.78, 5) is 10.0. The Bertz CT molecular complexity index is 178. The molecule has 13 heavy (non-hydrogen) atoms. The predicted molar refractivity (Wildman–Crippen MR) is 49.0 cm³/mol. The van der Waals surface area contributed by atoms with Gasteiger partial charge in [0.2, 0.25) is 6.04 Å². The van der Waals surface area contributed by atoms with E-state index < -0.39 is 12.1 Å². The second kappa shape index (κ2) is 4.56. The van der Waals surface area contributed by atoms with Crippen LogP contribution in [-0.2, 0) is 0 Å². The van der Waals surface area contributed by atoms with Crippen LogP contribution in [-0.4, -0.2) is 22.2 Å². The molecule has 2 atom stereocenters. The highest BCUT2D eigenvalue weighted by atomic mass is 16.6. The summed E-state index contributed by atoms with van der Waals surface area (Å²) in [5, 5.41) is 20.1. The Kier molecular flexibility index (Phi) is 3.66. The predicted octanol–water partition coefficient (Wildman–Crippen LogP) is 1.59. The number of hydrogen-bond acceptors (Lipinski definition) is 3. The molecule has 0 amide bonds. The lowest BCUT2D eigenvalue weighted by Gasteiger charge is -2.26. The van der Waals surface area contributed by atoms with Gasteiger partial charge in [0, 0.05) is 11.8 Å². The van der Waals surface area contributed by atoms with Crippen molar-refractivity contribution in [2.24, 2.45) is 5.92 Å². The molecule has 0 heterocycles. The van der Waals surface area contributed by atoms with Crippen molar-refractivity contribution in [1.82, 2.24) is 0 Å². The summed E-state index contributed by atoms with van der Waals surface area (Å²) in [6.45, 7) is 1.49. The van der Waals surface area contributed by atoms with E-state index in [9.17, 15) is 15.2 Å². The summed E-state index contributed by atoms with van der Waals surface area (Å²) in [6.07, 6.45) is 4.54. The molecule has 4 heteroatoms. The van der Waals surface area contributed by atoms with E-state index in [1.54, 1.807) is 0 Å². The van der Waals surface area contributed by atoms with Crippen molar-refractivity contribution in [3.8, 4) is 0 Å². The fourth-order valence-electron chi connectivity index (χ4n) is 1.99. The fraction of sp³-hybridized carbons (Fsp3) is 1.00. The second-order valence-corrected chi connectivity index (χ2v) is 3.91. The highest BCUT2D eigenvalue weighted by Gasteiger charge is 2.32. The van der Waals surface area contributed by atoms with Gasteiger partial charge in [-0.15, -0.1) is 0 Å². The number of rotatable bonds is 3. The Labute approximate surface area is 78.1 Å². The normalized spacial score (nSPS) is 23.8. The number of hydrogen-bond donors (Lipinski definition) is 1. The Balaban J connectivity index is 2.44. The van der Waals surface area contributed by atoms with Crippen molar-refractivity contribution in [2.75, 3.05) is 0 Å². The lowest BCUT2D eigenvalue weighted by molar-refractivity contribution is -0.532. The smallest absolute Gasteiger partial charge is 0.236 e. The minimum absolute atomic E-state index is 0.147. The van der Waals surface area contributed by atoms with Crippen LogP contribution < -0.4 is 0 Å². The maximum Gasteiger partial charge on any atom is 0.236 e. The van der Waals surface area contributed by atoms with Gasteiger partial charge in [0.25, 0.3) is 0 Å². The van der Waals surface area contributed by atoms with Crippen LogP contribution in [0.3, 0.4) is 0 Å². The van der Waals surface area contributed by atoms with Gasteiger partial charge >= 0.3 is 0 Å². The zero-order chi connectivity index (χ0) is 9.84. The van der Waals surface area contributed by atoms with Gasteiger partial charge in [0.15, 0.2) is 0 Å². The Hall–Kier alpha value is -0.640. The van der Waals surface area contributed by atoms with Gasteiger partial charge in [-0.1, -0.05) is 19.3 Å². The van der Waals surface area contributed by atoms with E-state index in [2.05, 4.69) is 0 Å². The summed E-state index contributed by atoms with van der Waals surface area (Å²) < 4.78 is 0. The van der Waals surface area contributed by atoms with E-state index in [0.717, 1.165) is 25.7 Å². The van der Waals surface area contributed by atoms with Gasteiger partial charge in [-0.3, -0.25) is 10.1 Å². The standard InChI is InChI=1S/C9H17NO3/c1-7(10(12)13)9(11)8-5-3-2-4-6-8/h7-9,11H,2-6H2,1H3/t7-,9-/m0/s1. The van der Waals surface area contributed by atoms with E-state index in [4.69, 9.17) is 0 Å². The monoisotopic (exact) mass is 187 g/mol. The van der Waals surface area contributed by atoms with Gasteiger partial charge < -0.3 is 5.11 Å². The molecule has 0 aromatic heterocycles. The first kappa shape index (κ1) is 10.4. The van der Waals surface area contributed by atoms with Crippen LogP contribution in [0.4, 0.5) is 0 Å². The van der Waals surface area contributed by atoms with Crippen LogP contribution in [0.2, 0.25) is 0 Å². The first-order valence-electron chi connectivity index (χ1n) is 4.94. The van der Waals surface area contributed by atoms with Gasteiger partial charge in [-0.2, -0.15) is 0 Å². The maximum absolute atomic E-state index is 10.4. The quantitative estimate of drug-likeness (QED) is 0.539. The minimum Gasteiger partial charge on any atom is -0.386 e. The highest BCUT2D eigenvalue weighted by molar-refractivity contribution is 4.76. The minimum atomic E-state index is -0.817. The molecular formula is C9H17NO3. The SMILES string of the molecule is C[C@@H]([C@H](O)C1CCCCC1)[N+](=O)[O-]. The first-order chi connectivity index (χ1) is 6.13. The molecule has 1 rings (SSSR count). The zero-order valence-electron chi connectivity index (χ0n) is 7.98. The zero-order valence-corrected chi connectivity index (χ0v) is 7.98. The van der Waals surface area contributed by atoms with Crippen LogP contribution in [0.25, 0.3) is 0 Å². The molecule has 1 aliphatic carbocycles. The van der Waals surface area contributed by atoms with E-state index in [0.29, 0.717) is 0 Å². The second-order valence-electron chi connectivity index (χ2n) is 3.91. The van der Waals surface area contributed by atoms with Crippen molar-refractivity contribution in [3.63, 3.8) is 0 Å². The van der Waals surface area contributed by atoms with E-state index in [1.165, 1.54) is 13.3 Å². The number of nitro groups is 1. The fourth-order valence-corrected chi connectivity index (χ4v) is 1.99. The third kappa shape index (κ3) is 2.66. The molecule has 0 unspecified atom stereocenters. The van der Waals surface area contributed by atoms with Crippen LogP contribution in [0.1, 0.15) is 39.0 Å². The molecule has 0 radical (unpaired) electrons. The van der Waals surface area contributed by atoms with Crippen molar-refractivity contribution in [1.29, 1.82) is 0 Å². The number of aliphatic hydroxyl groups excluding tert-OH is 1. The van der Waals surface area contributed by atoms with Crippen LogP contribution >= 0.6 is 0 Å². The van der Waals surface area contributed by atoms with Crippen LogP contribution in [0.15, 0.2) is 0 Å². The average molecular weight is 187 g/mol. The Morgan fingerprint density at radius 1 is 1.38 bits per heavy atom. The summed E-state index contributed by atoms with van der Waals surface area (Å²) in [6, 6.07) is -0.817. The Morgan fingerprint density at radius 2 is 1.92 bits per heavy atom. The van der Waals surface area contributed by atoms with E-state index in [-0.39, 0.29) is 10.8 Å². The third-order valence-corrected chi connectivity index (χ3v) is 2.96. The van der Waals surface area contributed by atoms with Crippen molar-refractivity contribution >= 4 is 0 Å². The summed E-state index contributed by atoms with van der Waals surface area (Å²) in [7, 11) is 0. The molecular weight excluding hydrogens is 170 g/mol. The van der Waals surface area contributed by atoms with Gasteiger partial charge in [-0.05, 0) is 18.8 Å². The molecule has 0 bridgehead atoms. The summed E-state index contributed by atoms with van der Waals surface area (Å²) in [5.74, 6) is 0.147. The first-order valence-corrected chi connectivity index (χ1v) is 4.94. The molecule has 1 aliphatic rings. The molecule has 1 saturated carbocycles. The largest absolute Gasteiger partial charge is 0.386 e. The number of aliphatic hydroxyl groups is 1. The molecule has 0 aromatic carbocycles. The van der Waals surface area contributed by atoms with Crippen molar-refractivity contribution < 1.29 is 10.0 Å². The topological polar surface area (TPSA) is 63.4 Å². The van der Waals surface area contributed by atoms with Crippen LogP contribution in [0.5, 0.6) is 0 Å². The third-order valence-electron chi connectivity index (χ3n) is 2.96. The van der Waals surface area contributed by atoms with E-state index in [1.807, 2.05) is 0 Å². The maximum atomic E-state index is 10.4. The summed E-state index contributed by atoms with van der Waals surface area (Å²) in [5.41, 5.74) is 0. The van der Waals surface area contributed by atoms with Gasteiger partial charge in [-0.25, -0.2) is 0 Å². The molecule has 4 nitrogen and oxygen atoms in total. The average Bonchev–Trinajstić information content (AvgIpc) is 2.17. The van der Waals surface area contributed by atoms with Crippen LogP contribution in [0, 0.1) is 16.0 Å². The lowest BCUT2D eigenvalue weighted by Crippen LogP contribution is -2.37. The molecule has 1 N–H and O–H groups in total.